The van der Waals surface area contributed by atoms with Crippen molar-refractivity contribution in [2.24, 2.45) is 0 Å². The zero-order valence-corrected chi connectivity index (χ0v) is 11.0. The van der Waals surface area contributed by atoms with E-state index in [-0.39, 0.29) is 6.23 Å². The SMILES string of the molecule is CCC(C)c1ccc(C(OC)N(C)C)cc1. The van der Waals surface area contributed by atoms with Gasteiger partial charge in [-0.1, -0.05) is 38.1 Å². The average molecular weight is 221 g/mol. The molecular formula is C14H23NO. The molecule has 0 N–H and O–H groups in total. The van der Waals surface area contributed by atoms with Gasteiger partial charge in [-0.25, -0.2) is 0 Å². The van der Waals surface area contributed by atoms with Crippen LogP contribution in [0.3, 0.4) is 0 Å². The van der Waals surface area contributed by atoms with E-state index < -0.39 is 0 Å². The van der Waals surface area contributed by atoms with Gasteiger partial charge in [-0.2, -0.15) is 0 Å². The lowest BCUT2D eigenvalue weighted by Crippen LogP contribution is -2.21. The van der Waals surface area contributed by atoms with Crippen LogP contribution < -0.4 is 0 Å². The molecule has 90 valence electrons. The summed E-state index contributed by atoms with van der Waals surface area (Å²) in [7, 11) is 5.79. The fourth-order valence-corrected chi connectivity index (χ4v) is 1.87. The average Bonchev–Trinajstić information content (AvgIpc) is 2.29. The molecule has 2 unspecified atom stereocenters. The van der Waals surface area contributed by atoms with Gasteiger partial charge in [0.15, 0.2) is 0 Å². The minimum Gasteiger partial charge on any atom is -0.362 e. The molecule has 0 amide bonds. The fraction of sp³-hybridized carbons (Fsp3) is 0.571. The molecule has 16 heavy (non-hydrogen) atoms. The summed E-state index contributed by atoms with van der Waals surface area (Å²) in [6, 6.07) is 8.74. The van der Waals surface area contributed by atoms with Crippen LogP contribution in [0, 0.1) is 0 Å². The molecule has 0 aliphatic rings. The number of rotatable bonds is 5. The number of hydrogen-bond donors (Lipinski definition) is 0. The Bertz CT molecular complexity index is 305. The number of nitrogens with zero attached hydrogens (tertiary/aromatic N) is 1. The van der Waals surface area contributed by atoms with Crippen LogP contribution in [-0.2, 0) is 4.74 Å². The van der Waals surface area contributed by atoms with Crippen molar-refractivity contribution < 1.29 is 4.74 Å². The van der Waals surface area contributed by atoms with Crippen LogP contribution in [-0.4, -0.2) is 26.1 Å². The van der Waals surface area contributed by atoms with Crippen molar-refractivity contribution >= 4 is 0 Å². The predicted octanol–water partition coefficient (Wildman–Crippen LogP) is 3.41. The zero-order valence-electron chi connectivity index (χ0n) is 11.0. The van der Waals surface area contributed by atoms with Gasteiger partial charge in [0.25, 0.3) is 0 Å². The highest BCUT2D eigenvalue weighted by Gasteiger charge is 2.12. The quantitative estimate of drug-likeness (QED) is 0.706. The standard InChI is InChI=1S/C14H23NO/c1-6-11(2)12-7-9-13(10-8-12)14(16-5)15(3)4/h7-11,14H,6H2,1-5H3. The molecule has 2 nitrogen and oxygen atoms in total. The van der Waals surface area contributed by atoms with Gasteiger partial charge in [-0.3, -0.25) is 4.90 Å². The van der Waals surface area contributed by atoms with Gasteiger partial charge in [0, 0.05) is 7.11 Å². The molecule has 0 bridgehead atoms. The molecule has 0 saturated heterocycles. The van der Waals surface area contributed by atoms with Crippen molar-refractivity contribution in [1.82, 2.24) is 4.90 Å². The van der Waals surface area contributed by atoms with E-state index in [9.17, 15) is 0 Å². The highest BCUT2D eigenvalue weighted by molar-refractivity contribution is 5.26. The summed E-state index contributed by atoms with van der Waals surface area (Å²) < 4.78 is 5.45. The summed E-state index contributed by atoms with van der Waals surface area (Å²) in [5, 5.41) is 0. The van der Waals surface area contributed by atoms with Crippen LogP contribution in [0.4, 0.5) is 0 Å². The lowest BCUT2D eigenvalue weighted by atomic mass is 9.97. The van der Waals surface area contributed by atoms with Crippen molar-refractivity contribution in [3.8, 4) is 0 Å². The molecule has 0 saturated carbocycles. The van der Waals surface area contributed by atoms with E-state index in [1.165, 1.54) is 17.5 Å². The van der Waals surface area contributed by atoms with E-state index in [1.807, 2.05) is 14.1 Å². The summed E-state index contributed by atoms with van der Waals surface area (Å²) in [6.07, 6.45) is 1.23. The Morgan fingerprint density at radius 3 is 2.00 bits per heavy atom. The first-order valence-electron chi connectivity index (χ1n) is 5.89. The Balaban J connectivity index is 2.85. The van der Waals surface area contributed by atoms with Gasteiger partial charge in [-0.15, -0.1) is 0 Å². The van der Waals surface area contributed by atoms with Gasteiger partial charge < -0.3 is 4.74 Å². The molecule has 0 heterocycles. The largest absolute Gasteiger partial charge is 0.362 e. The van der Waals surface area contributed by atoms with E-state index in [4.69, 9.17) is 4.74 Å². The second kappa shape index (κ2) is 6.02. The third-order valence-corrected chi connectivity index (χ3v) is 3.10. The van der Waals surface area contributed by atoms with Gasteiger partial charge in [-0.05, 0) is 37.6 Å². The topological polar surface area (TPSA) is 12.5 Å². The van der Waals surface area contributed by atoms with Crippen molar-refractivity contribution in [2.75, 3.05) is 21.2 Å². The lowest BCUT2D eigenvalue weighted by Gasteiger charge is -2.23. The van der Waals surface area contributed by atoms with Crippen molar-refractivity contribution in [3.05, 3.63) is 35.4 Å². The van der Waals surface area contributed by atoms with E-state index in [0.717, 1.165) is 0 Å². The molecule has 0 fully saturated rings. The normalized spacial score (nSPS) is 15.1. The Hall–Kier alpha value is -0.860. The van der Waals surface area contributed by atoms with Crippen LogP contribution in [0.1, 0.15) is 43.5 Å². The zero-order chi connectivity index (χ0) is 12.1. The van der Waals surface area contributed by atoms with Crippen molar-refractivity contribution in [2.45, 2.75) is 32.4 Å². The monoisotopic (exact) mass is 221 g/mol. The van der Waals surface area contributed by atoms with Crippen LogP contribution in [0.5, 0.6) is 0 Å². The molecule has 0 aromatic heterocycles. The molecule has 2 atom stereocenters. The molecule has 0 aliphatic carbocycles. The first-order valence-corrected chi connectivity index (χ1v) is 5.89. The third-order valence-electron chi connectivity index (χ3n) is 3.10. The van der Waals surface area contributed by atoms with Crippen molar-refractivity contribution in [3.63, 3.8) is 0 Å². The molecule has 2 heteroatoms. The van der Waals surface area contributed by atoms with Gasteiger partial charge >= 0.3 is 0 Å². The lowest BCUT2D eigenvalue weighted by molar-refractivity contribution is -0.00541. The minimum atomic E-state index is 0.0472. The molecule has 1 rings (SSSR count). The van der Waals surface area contributed by atoms with E-state index in [0.29, 0.717) is 5.92 Å². The van der Waals surface area contributed by atoms with Crippen LogP contribution in [0.25, 0.3) is 0 Å². The summed E-state index contributed by atoms with van der Waals surface area (Å²) in [4.78, 5) is 2.07. The molecule has 0 radical (unpaired) electrons. The van der Waals surface area contributed by atoms with E-state index in [2.05, 4.69) is 43.0 Å². The summed E-state index contributed by atoms with van der Waals surface area (Å²) in [5.74, 6) is 0.634. The first kappa shape index (κ1) is 13.2. The highest BCUT2D eigenvalue weighted by atomic mass is 16.5. The Labute approximate surface area is 99.2 Å². The maximum Gasteiger partial charge on any atom is 0.135 e. The van der Waals surface area contributed by atoms with Gasteiger partial charge in [0.1, 0.15) is 6.23 Å². The van der Waals surface area contributed by atoms with Gasteiger partial charge in [0.05, 0.1) is 0 Å². The van der Waals surface area contributed by atoms with Crippen LogP contribution in [0.2, 0.25) is 0 Å². The second-order valence-electron chi connectivity index (χ2n) is 4.53. The van der Waals surface area contributed by atoms with Gasteiger partial charge in [0.2, 0.25) is 0 Å². The molecule has 0 aliphatic heterocycles. The minimum absolute atomic E-state index is 0.0472. The second-order valence-corrected chi connectivity index (χ2v) is 4.53. The van der Waals surface area contributed by atoms with E-state index >= 15 is 0 Å². The smallest absolute Gasteiger partial charge is 0.135 e. The number of benzene rings is 1. The van der Waals surface area contributed by atoms with E-state index in [1.54, 1.807) is 7.11 Å². The summed E-state index contributed by atoms with van der Waals surface area (Å²) in [5.41, 5.74) is 2.61. The fourth-order valence-electron chi connectivity index (χ4n) is 1.87. The maximum atomic E-state index is 5.45. The van der Waals surface area contributed by atoms with Crippen LogP contribution >= 0.6 is 0 Å². The number of methoxy groups -OCH3 is 1. The molecule has 1 aromatic carbocycles. The Kier molecular flexibility index (Phi) is 4.97. The van der Waals surface area contributed by atoms with Crippen molar-refractivity contribution in [1.29, 1.82) is 0 Å². The molecule has 0 spiro atoms. The Morgan fingerprint density at radius 1 is 1.12 bits per heavy atom. The highest BCUT2D eigenvalue weighted by Crippen LogP contribution is 2.23. The van der Waals surface area contributed by atoms with Crippen LogP contribution in [0.15, 0.2) is 24.3 Å². The molecular weight excluding hydrogens is 198 g/mol. The third kappa shape index (κ3) is 3.06. The summed E-state index contributed by atoms with van der Waals surface area (Å²) >= 11 is 0. The first-order chi connectivity index (χ1) is 7.60. The number of hydrogen-bond acceptors (Lipinski definition) is 2. The number of ether oxygens (including phenoxy) is 1. The Morgan fingerprint density at radius 2 is 1.62 bits per heavy atom. The molecule has 1 aromatic rings. The summed E-state index contributed by atoms with van der Waals surface area (Å²) in [6.45, 7) is 4.48. The predicted molar refractivity (Wildman–Crippen MR) is 68.6 cm³/mol. The maximum absolute atomic E-state index is 5.45.